The molecule has 0 fully saturated rings. The maximum Gasteiger partial charge on any atom is 0.187 e. The minimum Gasteiger partial charge on any atom is -0.354 e. The van der Waals surface area contributed by atoms with Crippen molar-refractivity contribution < 1.29 is 4.52 Å². The maximum atomic E-state index is 5.32. The van der Waals surface area contributed by atoms with Crippen LogP contribution in [0.2, 0.25) is 0 Å². The lowest BCUT2D eigenvalue weighted by Gasteiger charge is -1.93. The monoisotopic (exact) mass is 289 g/mol. The van der Waals surface area contributed by atoms with Gasteiger partial charge in [-0.2, -0.15) is 5.11 Å². The van der Waals surface area contributed by atoms with Crippen molar-refractivity contribution in [2.45, 2.75) is 6.92 Å². The highest BCUT2D eigenvalue weighted by atomic mass is 16.5. The molecule has 0 saturated heterocycles. The molecule has 0 saturated carbocycles. The summed E-state index contributed by atoms with van der Waals surface area (Å²) < 4.78 is 5.32. The van der Waals surface area contributed by atoms with Crippen molar-refractivity contribution in [3.8, 4) is 0 Å². The molecule has 0 aliphatic carbocycles. The molecule has 0 atom stereocenters. The number of aryl methyl sites for hydroxylation is 1. The van der Waals surface area contributed by atoms with E-state index in [9.17, 15) is 0 Å². The zero-order valence-electron chi connectivity index (χ0n) is 12.2. The summed E-state index contributed by atoms with van der Waals surface area (Å²) >= 11 is 0. The summed E-state index contributed by atoms with van der Waals surface area (Å²) in [6.45, 7) is 1.85. The number of nitrogens with zero attached hydrogens (tertiary/aromatic N) is 3. The third-order valence-corrected chi connectivity index (χ3v) is 3.11. The molecule has 0 radical (unpaired) electrons. The Hall–Kier alpha value is -3.01. The second-order valence-electron chi connectivity index (χ2n) is 4.76. The second-order valence-corrected chi connectivity index (χ2v) is 4.76. The molecule has 3 aromatic rings. The van der Waals surface area contributed by atoms with Crippen LogP contribution in [0, 0.1) is 6.92 Å². The molecule has 0 spiro atoms. The molecule has 22 heavy (non-hydrogen) atoms. The summed E-state index contributed by atoms with van der Waals surface area (Å²) in [5.74, 6) is 0.598. The number of hydrogen-bond donors (Lipinski definition) is 0. The van der Waals surface area contributed by atoms with Gasteiger partial charge in [0.1, 0.15) is 5.69 Å². The zero-order valence-corrected chi connectivity index (χ0v) is 12.2. The molecule has 4 heteroatoms. The Labute approximate surface area is 128 Å². The molecule has 3 rings (SSSR count). The first-order chi connectivity index (χ1) is 10.8. The zero-order chi connectivity index (χ0) is 15.2. The minimum absolute atomic E-state index is 0.598. The van der Waals surface area contributed by atoms with E-state index in [0.29, 0.717) is 17.1 Å². The van der Waals surface area contributed by atoms with Gasteiger partial charge in [-0.3, -0.25) is 0 Å². The van der Waals surface area contributed by atoms with Gasteiger partial charge in [0.15, 0.2) is 11.4 Å². The van der Waals surface area contributed by atoms with Crippen molar-refractivity contribution in [3.05, 3.63) is 77.7 Å². The summed E-state index contributed by atoms with van der Waals surface area (Å²) in [6.07, 6.45) is 3.82. The molecule has 4 nitrogen and oxygen atoms in total. The smallest absolute Gasteiger partial charge is 0.187 e. The second kappa shape index (κ2) is 6.63. The summed E-state index contributed by atoms with van der Waals surface area (Å²) in [7, 11) is 0. The van der Waals surface area contributed by atoms with Crippen molar-refractivity contribution in [1.29, 1.82) is 0 Å². The molecule has 0 aliphatic heterocycles. The van der Waals surface area contributed by atoms with Crippen LogP contribution in [-0.4, -0.2) is 5.16 Å². The van der Waals surface area contributed by atoms with E-state index in [4.69, 9.17) is 4.52 Å². The lowest BCUT2D eigenvalue weighted by molar-refractivity contribution is 0.408. The summed E-state index contributed by atoms with van der Waals surface area (Å²) in [6, 6.07) is 19.6. The van der Waals surface area contributed by atoms with Crippen LogP contribution in [-0.2, 0) is 0 Å². The van der Waals surface area contributed by atoms with Gasteiger partial charge in [0.25, 0.3) is 0 Å². The van der Waals surface area contributed by atoms with Gasteiger partial charge < -0.3 is 4.52 Å². The largest absolute Gasteiger partial charge is 0.354 e. The molecule has 0 bridgehead atoms. The lowest BCUT2D eigenvalue weighted by atomic mass is 10.2. The topological polar surface area (TPSA) is 50.8 Å². The van der Waals surface area contributed by atoms with Crippen molar-refractivity contribution in [2.24, 2.45) is 10.2 Å². The third kappa shape index (κ3) is 3.35. The predicted octanol–water partition coefficient (Wildman–Crippen LogP) is 5.57. The van der Waals surface area contributed by atoms with Crippen molar-refractivity contribution >= 4 is 23.5 Å². The van der Waals surface area contributed by atoms with E-state index >= 15 is 0 Å². The Balaban J connectivity index is 1.85. The van der Waals surface area contributed by atoms with Crippen LogP contribution in [0.3, 0.4) is 0 Å². The first-order valence-corrected chi connectivity index (χ1v) is 6.99. The van der Waals surface area contributed by atoms with Crippen LogP contribution >= 0.6 is 0 Å². The Bertz CT molecular complexity index is 790. The molecule has 0 N–H and O–H groups in total. The summed E-state index contributed by atoms with van der Waals surface area (Å²) in [5.41, 5.74) is 3.24. The van der Waals surface area contributed by atoms with E-state index in [1.807, 2.05) is 79.7 Å². The SMILES string of the molecule is Cc1noc(C=Cc2ccccc2)c1N=Nc1ccccc1. The van der Waals surface area contributed by atoms with Gasteiger partial charge in [0.2, 0.25) is 0 Å². The fourth-order valence-electron chi connectivity index (χ4n) is 1.95. The van der Waals surface area contributed by atoms with Crippen molar-refractivity contribution in [2.75, 3.05) is 0 Å². The molecular formula is C18H15N3O. The van der Waals surface area contributed by atoms with E-state index in [1.54, 1.807) is 0 Å². The van der Waals surface area contributed by atoms with Gasteiger partial charge >= 0.3 is 0 Å². The molecule has 0 aliphatic rings. The Morgan fingerprint density at radius 1 is 0.864 bits per heavy atom. The minimum atomic E-state index is 0.598. The third-order valence-electron chi connectivity index (χ3n) is 3.11. The maximum absolute atomic E-state index is 5.32. The first-order valence-electron chi connectivity index (χ1n) is 6.99. The molecule has 1 aromatic heterocycles. The summed E-state index contributed by atoms with van der Waals surface area (Å²) in [5, 5.41) is 12.4. The van der Waals surface area contributed by atoms with Crippen molar-refractivity contribution in [1.82, 2.24) is 5.16 Å². The Morgan fingerprint density at radius 2 is 1.55 bits per heavy atom. The first kappa shape index (κ1) is 13.9. The quantitative estimate of drug-likeness (QED) is 0.589. The number of rotatable bonds is 4. The van der Waals surface area contributed by atoms with Gasteiger partial charge in [-0.1, -0.05) is 59.8 Å². The van der Waals surface area contributed by atoms with Crippen LogP contribution in [0.1, 0.15) is 17.0 Å². The Kier molecular flexibility index (Phi) is 4.20. The summed E-state index contributed by atoms with van der Waals surface area (Å²) in [4.78, 5) is 0. The predicted molar refractivity (Wildman–Crippen MR) is 87.2 cm³/mol. The number of aromatic nitrogens is 1. The Morgan fingerprint density at radius 3 is 2.27 bits per heavy atom. The molecule has 108 valence electrons. The standard InChI is InChI=1S/C18H15N3O/c1-14-18(20-19-16-10-6-3-7-11-16)17(22-21-14)13-12-15-8-4-2-5-9-15/h2-13H,1H3. The highest BCUT2D eigenvalue weighted by Crippen LogP contribution is 2.27. The van der Waals surface area contributed by atoms with E-state index in [2.05, 4.69) is 15.4 Å². The average molecular weight is 289 g/mol. The fraction of sp³-hybridized carbons (Fsp3) is 0.0556. The number of hydrogen-bond acceptors (Lipinski definition) is 4. The highest BCUT2D eigenvalue weighted by Gasteiger charge is 2.09. The molecule has 0 unspecified atom stereocenters. The van der Waals surface area contributed by atoms with E-state index in [0.717, 1.165) is 11.3 Å². The van der Waals surface area contributed by atoms with E-state index < -0.39 is 0 Å². The molecule has 2 aromatic carbocycles. The normalized spacial score (nSPS) is 11.5. The number of benzene rings is 2. The lowest BCUT2D eigenvalue weighted by Crippen LogP contribution is -1.71. The van der Waals surface area contributed by atoms with Gasteiger partial charge in [-0.15, -0.1) is 5.11 Å². The average Bonchev–Trinajstić information content (AvgIpc) is 2.93. The van der Waals surface area contributed by atoms with Crippen LogP contribution in [0.5, 0.6) is 0 Å². The van der Waals surface area contributed by atoms with Crippen LogP contribution < -0.4 is 0 Å². The van der Waals surface area contributed by atoms with Crippen LogP contribution in [0.15, 0.2) is 75.4 Å². The molecule has 0 amide bonds. The molecular weight excluding hydrogens is 274 g/mol. The number of azo groups is 1. The van der Waals surface area contributed by atoms with E-state index in [1.165, 1.54) is 0 Å². The van der Waals surface area contributed by atoms with E-state index in [-0.39, 0.29) is 0 Å². The van der Waals surface area contributed by atoms with Crippen LogP contribution in [0.4, 0.5) is 11.4 Å². The highest BCUT2D eigenvalue weighted by molar-refractivity contribution is 5.73. The van der Waals surface area contributed by atoms with Gasteiger partial charge in [-0.05, 0) is 30.7 Å². The van der Waals surface area contributed by atoms with Gasteiger partial charge in [-0.25, -0.2) is 0 Å². The van der Waals surface area contributed by atoms with Gasteiger partial charge in [0, 0.05) is 0 Å². The fourth-order valence-corrected chi connectivity index (χ4v) is 1.95. The molecule has 1 heterocycles. The van der Waals surface area contributed by atoms with Gasteiger partial charge in [0.05, 0.1) is 5.69 Å². The van der Waals surface area contributed by atoms with Crippen LogP contribution in [0.25, 0.3) is 12.2 Å². The van der Waals surface area contributed by atoms with Crippen molar-refractivity contribution in [3.63, 3.8) is 0 Å².